The second-order valence-electron chi connectivity index (χ2n) is 9.83. The van der Waals surface area contributed by atoms with Crippen LogP contribution in [0.4, 0.5) is 0 Å². The number of aryl methyl sites for hydroxylation is 1. The highest BCUT2D eigenvalue weighted by Crippen LogP contribution is 2.49. The van der Waals surface area contributed by atoms with Crippen LogP contribution in [0.3, 0.4) is 0 Å². The zero-order valence-electron chi connectivity index (χ0n) is 17.9. The third-order valence-electron chi connectivity index (χ3n) is 7.76. The topological polar surface area (TPSA) is 54.3 Å². The smallest absolute Gasteiger partial charge is 0.222 e. The lowest BCUT2D eigenvalue weighted by Gasteiger charge is -2.43. The second kappa shape index (κ2) is 8.13. The van der Waals surface area contributed by atoms with E-state index < -0.39 is 0 Å². The molecule has 28 heavy (non-hydrogen) atoms. The Morgan fingerprint density at radius 1 is 1.21 bits per heavy atom. The summed E-state index contributed by atoms with van der Waals surface area (Å²) in [5, 5.41) is 8.63. The molecule has 2 aliphatic heterocycles. The first-order valence-electron chi connectivity index (χ1n) is 11.3. The summed E-state index contributed by atoms with van der Waals surface area (Å²) in [6.45, 7) is 8.57. The van der Waals surface area contributed by atoms with Crippen LogP contribution in [-0.4, -0.2) is 62.7 Å². The first-order chi connectivity index (χ1) is 13.5. The van der Waals surface area contributed by atoms with Crippen molar-refractivity contribution in [3.63, 3.8) is 0 Å². The van der Waals surface area contributed by atoms with Gasteiger partial charge in [0, 0.05) is 51.6 Å². The molecule has 4 rings (SSSR count). The van der Waals surface area contributed by atoms with Gasteiger partial charge in [-0.2, -0.15) is 0 Å². The molecule has 1 saturated carbocycles. The van der Waals surface area contributed by atoms with Crippen molar-refractivity contribution in [3.05, 3.63) is 12.2 Å². The number of nitrogens with zero attached hydrogens (tertiary/aromatic N) is 5. The summed E-state index contributed by atoms with van der Waals surface area (Å²) in [6, 6.07) is 0.543. The Bertz CT molecular complexity index is 670. The molecule has 1 spiro atoms. The largest absolute Gasteiger partial charge is 0.343 e. The van der Waals surface area contributed by atoms with E-state index in [1.54, 1.807) is 0 Å². The van der Waals surface area contributed by atoms with Crippen LogP contribution < -0.4 is 0 Å². The molecule has 156 valence electrons. The van der Waals surface area contributed by atoms with Crippen LogP contribution in [0.2, 0.25) is 0 Å². The maximum Gasteiger partial charge on any atom is 0.222 e. The SMILES string of the molecule is CC(C)N1CC(c2nncn2C)C2(CCN(C(=O)CC3CCCCC3)CC2)C1. The van der Waals surface area contributed by atoms with E-state index in [-0.39, 0.29) is 5.41 Å². The number of hydrogen-bond donors (Lipinski definition) is 0. The van der Waals surface area contributed by atoms with Crippen molar-refractivity contribution in [2.45, 2.75) is 77.2 Å². The van der Waals surface area contributed by atoms with Crippen LogP contribution in [0.25, 0.3) is 0 Å². The van der Waals surface area contributed by atoms with Crippen molar-refractivity contribution >= 4 is 5.91 Å². The number of amides is 1. The molecule has 6 nitrogen and oxygen atoms in total. The van der Waals surface area contributed by atoms with Gasteiger partial charge in [-0.3, -0.25) is 9.69 Å². The fourth-order valence-corrected chi connectivity index (χ4v) is 5.84. The van der Waals surface area contributed by atoms with Gasteiger partial charge in [-0.25, -0.2) is 0 Å². The summed E-state index contributed by atoms with van der Waals surface area (Å²) in [5.74, 6) is 2.56. The second-order valence-corrected chi connectivity index (χ2v) is 9.83. The van der Waals surface area contributed by atoms with Gasteiger partial charge >= 0.3 is 0 Å². The van der Waals surface area contributed by atoms with Crippen molar-refractivity contribution in [1.29, 1.82) is 0 Å². The molecule has 3 heterocycles. The molecular formula is C22H37N5O. The molecule has 1 unspecified atom stereocenters. The quantitative estimate of drug-likeness (QED) is 0.796. The molecule has 1 aromatic rings. The average Bonchev–Trinajstić information content (AvgIpc) is 3.27. The van der Waals surface area contributed by atoms with Gasteiger partial charge in [0.1, 0.15) is 12.2 Å². The molecule has 0 N–H and O–H groups in total. The Kier molecular flexibility index (Phi) is 5.77. The van der Waals surface area contributed by atoms with Gasteiger partial charge in [-0.15, -0.1) is 10.2 Å². The zero-order valence-corrected chi connectivity index (χ0v) is 17.9. The van der Waals surface area contributed by atoms with Crippen molar-refractivity contribution in [2.24, 2.45) is 18.4 Å². The molecule has 2 saturated heterocycles. The lowest BCUT2D eigenvalue weighted by atomic mass is 9.70. The minimum absolute atomic E-state index is 0.229. The minimum Gasteiger partial charge on any atom is -0.343 e. The first-order valence-corrected chi connectivity index (χ1v) is 11.3. The highest BCUT2D eigenvalue weighted by Gasteiger charge is 2.51. The average molecular weight is 388 g/mol. The predicted octanol–water partition coefficient (Wildman–Crippen LogP) is 3.20. The van der Waals surface area contributed by atoms with E-state index in [2.05, 4.69) is 45.5 Å². The summed E-state index contributed by atoms with van der Waals surface area (Å²) in [6.07, 6.45) is 11.3. The summed E-state index contributed by atoms with van der Waals surface area (Å²) in [4.78, 5) is 17.6. The fraction of sp³-hybridized carbons (Fsp3) is 0.864. The molecule has 1 amide bonds. The van der Waals surface area contributed by atoms with Crippen LogP contribution >= 0.6 is 0 Å². The number of likely N-dealkylation sites (tertiary alicyclic amines) is 2. The molecule has 6 heteroatoms. The van der Waals surface area contributed by atoms with Crippen LogP contribution in [0.15, 0.2) is 6.33 Å². The molecule has 0 bridgehead atoms. The predicted molar refractivity (Wildman–Crippen MR) is 110 cm³/mol. The van der Waals surface area contributed by atoms with Crippen LogP contribution in [0.5, 0.6) is 0 Å². The van der Waals surface area contributed by atoms with E-state index >= 15 is 0 Å². The number of rotatable bonds is 4. The molecule has 1 aromatic heterocycles. The molecule has 1 atom stereocenters. The van der Waals surface area contributed by atoms with Gasteiger partial charge in [0.05, 0.1) is 0 Å². The third kappa shape index (κ3) is 3.85. The van der Waals surface area contributed by atoms with Crippen molar-refractivity contribution in [3.8, 4) is 0 Å². The Balaban J connectivity index is 1.43. The van der Waals surface area contributed by atoms with Gasteiger partial charge < -0.3 is 9.47 Å². The molecular weight excluding hydrogens is 350 g/mol. The summed E-state index contributed by atoms with van der Waals surface area (Å²) in [7, 11) is 2.06. The number of carbonyl (C=O) groups is 1. The van der Waals surface area contributed by atoms with Gasteiger partial charge in [0.15, 0.2) is 0 Å². The lowest BCUT2D eigenvalue weighted by Crippen LogP contribution is -2.47. The Morgan fingerprint density at radius 2 is 1.93 bits per heavy atom. The lowest BCUT2D eigenvalue weighted by molar-refractivity contribution is -0.134. The van der Waals surface area contributed by atoms with E-state index in [0.717, 1.165) is 51.3 Å². The monoisotopic (exact) mass is 387 g/mol. The maximum absolute atomic E-state index is 12.9. The van der Waals surface area contributed by atoms with Gasteiger partial charge in [-0.05, 0) is 50.9 Å². The van der Waals surface area contributed by atoms with Crippen molar-refractivity contribution in [1.82, 2.24) is 24.6 Å². The zero-order chi connectivity index (χ0) is 19.7. The van der Waals surface area contributed by atoms with E-state index in [1.807, 2.05) is 6.33 Å². The summed E-state index contributed by atoms with van der Waals surface area (Å²) < 4.78 is 2.09. The maximum atomic E-state index is 12.9. The van der Waals surface area contributed by atoms with E-state index in [0.29, 0.717) is 23.8 Å². The van der Waals surface area contributed by atoms with Gasteiger partial charge in [0.25, 0.3) is 0 Å². The molecule has 0 radical (unpaired) electrons. The van der Waals surface area contributed by atoms with Gasteiger partial charge in [-0.1, -0.05) is 19.3 Å². The normalized spacial score (nSPS) is 26.4. The van der Waals surface area contributed by atoms with Crippen LogP contribution in [-0.2, 0) is 11.8 Å². The Labute approximate surface area is 169 Å². The van der Waals surface area contributed by atoms with Gasteiger partial charge in [0.2, 0.25) is 5.91 Å². The van der Waals surface area contributed by atoms with E-state index in [9.17, 15) is 4.79 Å². The van der Waals surface area contributed by atoms with E-state index in [1.165, 1.54) is 32.1 Å². The molecule has 1 aliphatic carbocycles. The standard InChI is InChI=1S/C22H37N5O/c1-17(2)27-14-19(21-24-23-16-25(21)3)22(15-27)9-11-26(12-10-22)20(28)13-18-7-5-4-6-8-18/h16-19H,4-15H2,1-3H3. The fourth-order valence-electron chi connectivity index (χ4n) is 5.84. The summed E-state index contributed by atoms with van der Waals surface area (Å²) in [5.41, 5.74) is 0.229. The Hall–Kier alpha value is -1.43. The highest BCUT2D eigenvalue weighted by atomic mass is 16.2. The number of carbonyl (C=O) groups excluding carboxylic acids is 1. The minimum atomic E-state index is 0.229. The molecule has 3 fully saturated rings. The third-order valence-corrected chi connectivity index (χ3v) is 7.76. The molecule has 3 aliphatic rings. The number of hydrogen-bond acceptors (Lipinski definition) is 4. The van der Waals surface area contributed by atoms with Crippen molar-refractivity contribution in [2.75, 3.05) is 26.2 Å². The van der Waals surface area contributed by atoms with Crippen LogP contribution in [0.1, 0.15) is 77.0 Å². The molecule has 0 aromatic carbocycles. The van der Waals surface area contributed by atoms with Crippen LogP contribution in [0, 0.1) is 11.3 Å². The Morgan fingerprint density at radius 3 is 2.54 bits per heavy atom. The summed E-state index contributed by atoms with van der Waals surface area (Å²) >= 11 is 0. The highest BCUT2D eigenvalue weighted by molar-refractivity contribution is 5.76. The van der Waals surface area contributed by atoms with Crippen molar-refractivity contribution < 1.29 is 4.79 Å². The number of aromatic nitrogens is 3. The van der Waals surface area contributed by atoms with E-state index in [4.69, 9.17) is 0 Å². The first kappa shape index (κ1) is 19.9. The number of piperidine rings is 1.